The van der Waals surface area contributed by atoms with Gasteiger partial charge in [0.25, 0.3) is 0 Å². The van der Waals surface area contributed by atoms with Crippen molar-refractivity contribution in [2.75, 3.05) is 12.4 Å². The van der Waals surface area contributed by atoms with Gasteiger partial charge < -0.3 is 4.74 Å². The van der Waals surface area contributed by atoms with Crippen molar-refractivity contribution in [3.63, 3.8) is 0 Å². The Hall–Kier alpha value is -1.15. The molecule has 0 aliphatic carbocycles. The van der Waals surface area contributed by atoms with E-state index in [1.807, 2.05) is 24.3 Å². The molecule has 0 saturated heterocycles. The van der Waals surface area contributed by atoms with E-state index in [-0.39, 0.29) is 5.41 Å². The Morgan fingerprint density at radius 1 is 1.06 bits per heavy atom. The van der Waals surface area contributed by atoms with Crippen LogP contribution in [-0.2, 0) is 0 Å². The first-order valence-corrected chi connectivity index (χ1v) is 6.47. The summed E-state index contributed by atoms with van der Waals surface area (Å²) < 4.78 is 5.93. The van der Waals surface area contributed by atoms with E-state index in [0.29, 0.717) is 6.61 Å². The van der Waals surface area contributed by atoms with E-state index in [1.165, 1.54) is 10.8 Å². The van der Waals surface area contributed by atoms with E-state index in [2.05, 4.69) is 44.7 Å². The summed E-state index contributed by atoms with van der Waals surface area (Å²) in [5.41, 5.74) is 0.0973. The van der Waals surface area contributed by atoms with Crippen molar-refractivity contribution in [2.45, 2.75) is 13.8 Å². The maximum absolute atomic E-state index is 5.93. The van der Waals surface area contributed by atoms with Crippen LogP contribution in [0.1, 0.15) is 13.8 Å². The van der Waals surface area contributed by atoms with Crippen molar-refractivity contribution in [3.05, 3.63) is 42.5 Å². The molecule has 0 amide bonds. The van der Waals surface area contributed by atoms with Crippen LogP contribution in [0.15, 0.2) is 42.5 Å². The number of rotatable bonds is 4. The summed E-state index contributed by atoms with van der Waals surface area (Å²) in [4.78, 5) is 0. The molecule has 2 aromatic carbocycles. The van der Waals surface area contributed by atoms with Crippen molar-refractivity contribution >= 4 is 23.4 Å². The molecule has 0 N–H and O–H groups in total. The third-order valence-corrected chi connectivity index (χ3v) is 3.65. The Kier molecular flexibility index (Phi) is 3.63. The lowest BCUT2D eigenvalue weighted by Crippen LogP contribution is -2.23. The zero-order chi connectivity index (χ0) is 12.3. The SMILES string of the molecule is CC(C)(CS)COc1cccc2ccccc12. The lowest BCUT2D eigenvalue weighted by molar-refractivity contribution is 0.204. The number of ether oxygens (including phenoxy) is 1. The van der Waals surface area contributed by atoms with Crippen LogP contribution in [-0.4, -0.2) is 12.4 Å². The highest BCUT2D eigenvalue weighted by Crippen LogP contribution is 2.27. The predicted molar refractivity (Wildman–Crippen MR) is 77.1 cm³/mol. The van der Waals surface area contributed by atoms with E-state index >= 15 is 0 Å². The fraction of sp³-hybridized carbons (Fsp3) is 0.333. The molecule has 2 rings (SSSR count). The Balaban J connectivity index is 2.24. The molecule has 0 bridgehead atoms. The fourth-order valence-corrected chi connectivity index (χ4v) is 1.73. The summed E-state index contributed by atoms with van der Waals surface area (Å²) in [6.45, 7) is 5.00. The standard InChI is InChI=1S/C15H18OS/c1-15(2,11-17)10-16-14-9-5-7-12-6-3-4-8-13(12)14/h3-9,17H,10-11H2,1-2H3. The van der Waals surface area contributed by atoms with Crippen LogP contribution < -0.4 is 4.74 Å². The summed E-state index contributed by atoms with van der Waals surface area (Å²) in [6, 6.07) is 14.4. The first-order valence-electron chi connectivity index (χ1n) is 5.84. The highest BCUT2D eigenvalue weighted by atomic mass is 32.1. The number of benzene rings is 2. The van der Waals surface area contributed by atoms with Crippen molar-refractivity contribution in [2.24, 2.45) is 5.41 Å². The third-order valence-electron chi connectivity index (χ3n) is 2.80. The molecule has 0 spiro atoms. The Labute approximate surface area is 108 Å². The van der Waals surface area contributed by atoms with Crippen molar-refractivity contribution in [1.82, 2.24) is 0 Å². The average Bonchev–Trinajstić information content (AvgIpc) is 2.36. The second-order valence-electron chi connectivity index (χ2n) is 5.09. The van der Waals surface area contributed by atoms with E-state index in [0.717, 1.165) is 11.5 Å². The number of hydrogen-bond acceptors (Lipinski definition) is 2. The van der Waals surface area contributed by atoms with Gasteiger partial charge in [-0.3, -0.25) is 0 Å². The fourth-order valence-electron chi connectivity index (χ4n) is 1.64. The molecule has 0 radical (unpaired) electrons. The number of thiol groups is 1. The van der Waals surface area contributed by atoms with E-state index in [9.17, 15) is 0 Å². The van der Waals surface area contributed by atoms with Gasteiger partial charge in [0.15, 0.2) is 0 Å². The van der Waals surface area contributed by atoms with Crippen LogP contribution in [0.25, 0.3) is 10.8 Å². The molecule has 0 unspecified atom stereocenters. The summed E-state index contributed by atoms with van der Waals surface area (Å²) in [7, 11) is 0. The van der Waals surface area contributed by atoms with Crippen LogP contribution >= 0.6 is 12.6 Å². The normalized spacial score (nSPS) is 11.7. The summed E-state index contributed by atoms with van der Waals surface area (Å²) in [6.07, 6.45) is 0. The van der Waals surface area contributed by atoms with Gasteiger partial charge >= 0.3 is 0 Å². The molecular formula is C15H18OS. The van der Waals surface area contributed by atoms with Gasteiger partial charge in [0, 0.05) is 10.8 Å². The van der Waals surface area contributed by atoms with Crippen LogP contribution in [0.4, 0.5) is 0 Å². The van der Waals surface area contributed by atoms with Crippen molar-refractivity contribution < 1.29 is 4.74 Å². The molecule has 0 saturated carbocycles. The molecule has 0 fully saturated rings. The zero-order valence-electron chi connectivity index (χ0n) is 10.3. The van der Waals surface area contributed by atoms with Gasteiger partial charge in [0.2, 0.25) is 0 Å². The zero-order valence-corrected chi connectivity index (χ0v) is 11.2. The molecule has 0 atom stereocenters. The highest BCUT2D eigenvalue weighted by Gasteiger charge is 2.17. The van der Waals surface area contributed by atoms with Crippen LogP contribution in [0.5, 0.6) is 5.75 Å². The van der Waals surface area contributed by atoms with Crippen molar-refractivity contribution in [1.29, 1.82) is 0 Å². The van der Waals surface area contributed by atoms with E-state index < -0.39 is 0 Å². The van der Waals surface area contributed by atoms with Gasteiger partial charge in [-0.2, -0.15) is 12.6 Å². The molecule has 0 aliphatic rings. The van der Waals surface area contributed by atoms with Gasteiger partial charge in [-0.15, -0.1) is 0 Å². The maximum atomic E-state index is 5.93. The smallest absolute Gasteiger partial charge is 0.127 e. The van der Waals surface area contributed by atoms with Gasteiger partial charge in [0.05, 0.1) is 6.61 Å². The quantitative estimate of drug-likeness (QED) is 0.796. The molecule has 0 heterocycles. The molecule has 17 heavy (non-hydrogen) atoms. The lowest BCUT2D eigenvalue weighted by Gasteiger charge is -2.22. The Bertz CT molecular complexity index is 500. The minimum absolute atomic E-state index is 0.0973. The predicted octanol–water partition coefficient (Wildman–Crippen LogP) is 4.17. The van der Waals surface area contributed by atoms with Crippen LogP contribution in [0, 0.1) is 5.41 Å². The molecular weight excluding hydrogens is 228 g/mol. The van der Waals surface area contributed by atoms with Crippen LogP contribution in [0.3, 0.4) is 0 Å². The third kappa shape index (κ3) is 2.95. The number of fused-ring (bicyclic) bond motifs is 1. The summed E-state index contributed by atoms with van der Waals surface area (Å²) >= 11 is 4.34. The largest absolute Gasteiger partial charge is 0.492 e. The summed E-state index contributed by atoms with van der Waals surface area (Å²) in [5.74, 6) is 1.77. The molecule has 1 nitrogen and oxygen atoms in total. The number of hydrogen-bond donors (Lipinski definition) is 1. The van der Waals surface area contributed by atoms with Crippen molar-refractivity contribution in [3.8, 4) is 5.75 Å². The molecule has 90 valence electrons. The topological polar surface area (TPSA) is 9.23 Å². The minimum atomic E-state index is 0.0973. The van der Waals surface area contributed by atoms with E-state index in [1.54, 1.807) is 0 Å². The highest BCUT2D eigenvalue weighted by molar-refractivity contribution is 7.80. The molecule has 2 heteroatoms. The maximum Gasteiger partial charge on any atom is 0.127 e. The minimum Gasteiger partial charge on any atom is -0.492 e. The summed E-state index contributed by atoms with van der Waals surface area (Å²) in [5, 5.41) is 2.39. The van der Waals surface area contributed by atoms with Crippen LogP contribution in [0.2, 0.25) is 0 Å². The second kappa shape index (κ2) is 5.01. The molecule has 2 aromatic rings. The van der Waals surface area contributed by atoms with E-state index in [4.69, 9.17) is 4.74 Å². The lowest BCUT2D eigenvalue weighted by atomic mass is 9.98. The Morgan fingerprint density at radius 2 is 1.76 bits per heavy atom. The van der Waals surface area contributed by atoms with Gasteiger partial charge in [-0.25, -0.2) is 0 Å². The monoisotopic (exact) mass is 246 g/mol. The van der Waals surface area contributed by atoms with Gasteiger partial charge in [-0.05, 0) is 17.2 Å². The van der Waals surface area contributed by atoms with Gasteiger partial charge in [-0.1, -0.05) is 50.2 Å². The average molecular weight is 246 g/mol. The first kappa shape index (κ1) is 12.3. The van der Waals surface area contributed by atoms with Gasteiger partial charge in [0.1, 0.15) is 5.75 Å². The first-order chi connectivity index (χ1) is 8.12. The second-order valence-corrected chi connectivity index (χ2v) is 5.40. The molecule has 0 aromatic heterocycles. The molecule has 0 aliphatic heterocycles. The Morgan fingerprint density at radius 3 is 2.53 bits per heavy atom.